The summed E-state index contributed by atoms with van der Waals surface area (Å²) in [7, 11) is 1.80. The summed E-state index contributed by atoms with van der Waals surface area (Å²) in [5.74, 6) is 0.601. The highest BCUT2D eigenvalue weighted by atomic mass is 16.1. The van der Waals surface area contributed by atoms with Gasteiger partial charge in [-0.2, -0.15) is 0 Å². The average Bonchev–Trinajstić information content (AvgIpc) is 2.87. The lowest BCUT2D eigenvalue weighted by molar-refractivity contribution is -0.116. The van der Waals surface area contributed by atoms with E-state index in [1.807, 2.05) is 60.0 Å². The van der Waals surface area contributed by atoms with Crippen LogP contribution in [0.15, 0.2) is 48.5 Å². The lowest BCUT2D eigenvalue weighted by atomic mass is 10.2. The maximum absolute atomic E-state index is 12.3. The van der Waals surface area contributed by atoms with Crippen molar-refractivity contribution in [1.29, 1.82) is 0 Å². The lowest BCUT2D eigenvalue weighted by Gasteiger charge is -2.09. The van der Waals surface area contributed by atoms with Crippen molar-refractivity contribution in [2.75, 3.05) is 17.7 Å². The number of benzene rings is 2. The van der Waals surface area contributed by atoms with Gasteiger partial charge in [0, 0.05) is 12.7 Å². The molecule has 0 bridgehead atoms. The monoisotopic (exact) mass is 294 g/mol. The Morgan fingerprint density at radius 3 is 2.59 bits per heavy atom. The number of anilines is 2. The number of fused-ring (bicyclic) bond motifs is 1. The number of carbonyl (C=O) groups is 1. The van der Waals surface area contributed by atoms with Crippen molar-refractivity contribution in [1.82, 2.24) is 9.55 Å². The molecule has 1 heterocycles. The van der Waals surface area contributed by atoms with Crippen molar-refractivity contribution >= 4 is 28.6 Å². The molecule has 0 spiro atoms. The molecule has 2 aromatic carbocycles. The molecular formula is C17H18N4O. The van der Waals surface area contributed by atoms with Gasteiger partial charge in [-0.1, -0.05) is 29.8 Å². The molecule has 0 unspecified atom stereocenters. The van der Waals surface area contributed by atoms with Gasteiger partial charge in [-0.05, 0) is 31.2 Å². The van der Waals surface area contributed by atoms with Crippen LogP contribution < -0.4 is 10.6 Å². The molecule has 0 aliphatic rings. The fraction of sp³-hybridized carbons (Fsp3) is 0.176. The van der Waals surface area contributed by atoms with Crippen molar-refractivity contribution in [3.05, 3.63) is 54.1 Å². The zero-order valence-electron chi connectivity index (χ0n) is 12.6. The summed E-state index contributed by atoms with van der Waals surface area (Å²) in [5, 5.41) is 5.94. The van der Waals surface area contributed by atoms with E-state index < -0.39 is 0 Å². The standard InChI is InChI=1S/C17H18N4O/c1-12-7-9-13(10-8-12)19-16(22)11-21-15-6-4-3-5-14(15)20-17(21)18-2/h3-10H,11H2,1-2H3,(H,18,20)(H,19,22). The summed E-state index contributed by atoms with van der Waals surface area (Å²) >= 11 is 0. The Labute approximate surface area is 129 Å². The third-order valence-corrected chi connectivity index (χ3v) is 3.52. The predicted octanol–water partition coefficient (Wildman–Crippen LogP) is 3.03. The van der Waals surface area contributed by atoms with Gasteiger partial charge in [0.1, 0.15) is 6.54 Å². The van der Waals surface area contributed by atoms with Crippen LogP contribution in [0.2, 0.25) is 0 Å². The Morgan fingerprint density at radius 2 is 1.86 bits per heavy atom. The van der Waals surface area contributed by atoms with Gasteiger partial charge in [-0.15, -0.1) is 0 Å². The molecule has 2 N–H and O–H groups in total. The number of rotatable bonds is 4. The Balaban J connectivity index is 1.83. The number of para-hydroxylation sites is 2. The fourth-order valence-corrected chi connectivity index (χ4v) is 2.41. The van der Waals surface area contributed by atoms with Crippen LogP contribution in [0, 0.1) is 6.92 Å². The van der Waals surface area contributed by atoms with Crippen LogP contribution in [-0.4, -0.2) is 22.5 Å². The van der Waals surface area contributed by atoms with E-state index in [4.69, 9.17) is 0 Å². The molecule has 0 saturated heterocycles. The van der Waals surface area contributed by atoms with Gasteiger partial charge in [0.05, 0.1) is 11.0 Å². The van der Waals surface area contributed by atoms with Gasteiger partial charge in [0.25, 0.3) is 0 Å². The average molecular weight is 294 g/mol. The molecule has 0 aliphatic heterocycles. The smallest absolute Gasteiger partial charge is 0.244 e. The Morgan fingerprint density at radius 1 is 1.14 bits per heavy atom. The SMILES string of the molecule is CNc1nc2ccccc2n1CC(=O)Nc1ccc(C)cc1. The molecule has 1 aromatic heterocycles. The molecule has 22 heavy (non-hydrogen) atoms. The molecule has 1 amide bonds. The number of hydrogen-bond acceptors (Lipinski definition) is 3. The van der Waals surface area contributed by atoms with E-state index in [-0.39, 0.29) is 12.5 Å². The molecule has 0 radical (unpaired) electrons. The number of nitrogens with one attached hydrogen (secondary N) is 2. The predicted molar refractivity (Wildman–Crippen MR) is 89.1 cm³/mol. The van der Waals surface area contributed by atoms with Crippen LogP contribution in [-0.2, 0) is 11.3 Å². The summed E-state index contributed by atoms with van der Waals surface area (Å²) in [6.45, 7) is 2.23. The van der Waals surface area contributed by atoms with Gasteiger partial charge in [-0.3, -0.25) is 4.79 Å². The minimum Gasteiger partial charge on any atom is -0.359 e. The Hall–Kier alpha value is -2.82. The minimum absolute atomic E-state index is 0.0801. The third-order valence-electron chi connectivity index (χ3n) is 3.52. The highest BCUT2D eigenvalue weighted by Crippen LogP contribution is 2.19. The first-order chi connectivity index (χ1) is 10.7. The Bertz CT molecular complexity index is 805. The first-order valence-electron chi connectivity index (χ1n) is 7.17. The molecule has 0 atom stereocenters. The fourth-order valence-electron chi connectivity index (χ4n) is 2.41. The summed E-state index contributed by atoms with van der Waals surface area (Å²) < 4.78 is 1.87. The number of nitrogens with zero attached hydrogens (tertiary/aromatic N) is 2. The van der Waals surface area contributed by atoms with E-state index in [2.05, 4.69) is 15.6 Å². The van der Waals surface area contributed by atoms with Crippen LogP contribution in [0.25, 0.3) is 11.0 Å². The minimum atomic E-state index is -0.0801. The van der Waals surface area contributed by atoms with Crippen molar-refractivity contribution in [3.8, 4) is 0 Å². The van der Waals surface area contributed by atoms with Gasteiger partial charge >= 0.3 is 0 Å². The van der Waals surface area contributed by atoms with Crippen LogP contribution in [0.5, 0.6) is 0 Å². The summed E-state index contributed by atoms with van der Waals surface area (Å²) in [5.41, 5.74) is 3.77. The second kappa shape index (κ2) is 5.89. The quantitative estimate of drug-likeness (QED) is 0.777. The normalized spacial score (nSPS) is 10.6. The number of imidazole rings is 1. The topological polar surface area (TPSA) is 59.0 Å². The van der Waals surface area contributed by atoms with Crippen molar-refractivity contribution in [2.45, 2.75) is 13.5 Å². The van der Waals surface area contributed by atoms with E-state index in [9.17, 15) is 4.79 Å². The highest BCUT2D eigenvalue weighted by molar-refractivity contribution is 5.92. The zero-order valence-corrected chi connectivity index (χ0v) is 12.6. The first kappa shape index (κ1) is 14.1. The number of hydrogen-bond donors (Lipinski definition) is 2. The van der Waals surface area contributed by atoms with E-state index in [1.165, 1.54) is 0 Å². The summed E-state index contributed by atoms with van der Waals surface area (Å²) in [6.07, 6.45) is 0. The van der Waals surface area contributed by atoms with E-state index in [0.29, 0.717) is 5.95 Å². The van der Waals surface area contributed by atoms with Gasteiger partial charge in [0.2, 0.25) is 11.9 Å². The van der Waals surface area contributed by atoms with Crippen molar-refractivity contribution in [2.24, 2.45) is 0 Å². The van der Waals surface area contributed by atoms with Crippen LogP contribution >= 0.6 is 0 Å². The van der Waals surface area contributed by atoms with Gasteiger partial charge in [0.15, 0.2) is 0 Å². The van der Waals surface area contributed by atoms with E-state index in [0.717, 1.165) is 22.3 Å². The summed E-state index contributed by atoms with van der Waals surface area (Å²) in [4.78, 5) is 16.8. The second-order valence-electron chi connectivity index (χ2n) is 5.17. The maximum atomic E-state index is 12.3. The molecule has 5 nitrogen and oxygen atoms in total. The Kier molecular flexibility index (Phi) is 3.78. The van der Waals surface area contributed by atoms with Crippen LogP contribution in [0.4, 0.5) is 11.6 Å². The van der Waals surface area contributed by atoms with Crippen LogP contribution in [0.1, 0.15) is 5.56 Å². The van der Waals surface area contributed by atoms with Gasteiger partial charge < -0.3 is 15.2 Å². The molecule has 0 fully saturated rings. The second-order valence-corrected chi connectivity index (χ2v) is 5.17. The zero-order chi connectivity index (χ0) is 15.5. The number of aryl methyl sites for hydroxylation is 1. The number of amides is 1. The molecule has 112 valence electrons. The highest BCUT2D eigenvalue weighted by Gasteiger charge is 2.12. The van der Waals surface area contributed by atoms with Crippen LogP contribution in [0.3, 0.4) is 0 Å². The third kappa shape index (κ3) is 2.79. The van der Waals surface area contributed by atoms with E-state index in [1.54, 1.807) is 7.05 Å². The largest absolute Gasteiger partial charge is 0.359 e. The first-order valence-corrected chi connectivity index (χ1v) is 7.17. The maximum Gasteiger partial charge on any atom is 0.244 e. The molecule has 5 heteroatoms. The molecule has 3 rings (SSSR count). The molecule has 0 aliphatic carbocycles. The number of aromatic nitrogens is 2. The van der Waals surface area contributed by atoms with Gasteiger partial charge in [-0.25, -0.2) is 4.98 Å². The molecule has 3 aromatic rings. The van der Waals surface area contributed by atoms with Crippen molar-refractivity contribution in [3.63, 3.8) is 0 Å². The number of carbonyl (C=O) groups excluding carboxylic acids is 1. The molecule has 0 saturated carbocycles. The summed E-state index contributed by atoms with van der Waals surface area (Å²) in [6, 6.07) is 15.5. The van der Waals surface area contributed by atoms with Crippen molar-refractivity contribution < 1.29 is 4.79 Å². The molecular weight excluding hydrogens is 276 g/mol. The van der Waals surface area contributed by atoms with E-state index >= 15 is 0 Å². The lowest BCUT2D eigenvalue weighted by Crippen LogP contribution is -2.19.